The Morgan fingerprint density at radius 1 is 1.39 bits per heavy atom. The molecule has 1 aromatic heterocycles. The number of aryl methyl sites for hydroxylation is 2. The van der Waals surface area contributed by atoms with Crippen LogP contribution in [0, 0.1) is 0 Å². The molecule has 1 rings (SSSR count). The van der Waals surface area contributed by atoms with E-state index in [0.29, 0.717) is 6.04 Å². The summed E-state index contributed by atoms with van der Waals surface area (Å²) in [6, 6.07) is 0.412. The monoisotopic (exact) mass is 335 g/mol. The maximum absolute atomic E-state index is 6.00. The molecule has 0 aliphatic rings. The van der Waals surface area contributed by atoms with Crippen molar-refractivity contribution >= 4 is 27.5 Å². The van der Waals surface area contributed by atoms with Gasteiger partial charge in [-0.25, -0.2) is 0 Å². The van der Waals surface area contributed by atoms with Crippen LogP contribution in [0.5, 0.6) is 0 Å². The van der Waals surface area contributed by atoms with E-state index in [0.717, 1.165) is 36.1 Å². The molecule has 0 bridgehead atoms. The van der Waals surface area contributed by atoms with Crippen LogP contribution in [0.2, 0.25) is 0 Å². The number of hydrogen-bond donors (Lipinski definition) is 1. The minimum Gasteiger partial charge on any atom is -0.309 e. The summed E-state index contributed by atoms with van der Waals surface area (Å²) in [4.78, 5) is 0. The Kier molecular flexibility index (Phi) is 6.67. The lowest BCUT2D eigenvalue weighted by Gasteiger charge is -2.15. The molecular formula is C13H23BrClN3. The molecule has 1 N–H and O–H groups in total. The Bertz CT molecular complexity index is 377. The highest BCUT2D eigenvalue weighted by Gasteiger charge is 2.14. The van der Waals surface area contributed by atoms with Gasteiger partial charge in [-0.05, 0) is 49.5 Å². The van der Waals surface area contributed by atoms with Crippen molar-refractivity contribution in [2.75, 3.05) is 0 Å². The molecule has 104 valence electrons. The smallest absolute Gasteiger partial charge is 0.0767 e. The number of nitrogens with zero attached hydrogens (tertiary/aromatic N) is 2. The van der Waals surface area contributed by atoms with Crippen molar-refractivity contribution in [1.82, 2.24) is 15.1 Å². The van der Waals surface area contributed by atoms with E-state index in [1.807, 2.05) is 6.92 Å². The zero-order valence-electron chi connectivity index (χ0n) is 11.6. The third-order valence-corrected chi connectivity index (χ3v) is 4.08. The first-order valence-corrected chi connectivity index (χ1v) is 7.83. The van der Waals surface area contributed by atoms with Crippen LogP contribution in [-0.4, -0.2) is 21.2 Å². The predicted octanol–water partition coefficient (Wildman–Crippen LogP) is 3.72. The molecule has 1 heterocycles. The predicted molar refractivity (Wildman–Crippen MR) is 81.2 cm³/mol. The largest absolute Gasteiger partial charge is 0.309 e. The molecule has 0 aliphatic heterocycles. The van der Waals surface area contributed by atoms with Crippen molar-refractivity contribution in [2.24, 2.45) is 0 Å². The summed E-state index contributed by atoms with van der Waals surface area (Å²) in [5.74, 6) is 0. The van der Waals surface area contributed by atoms with Gasteiger partial charge in [0.25, 0.3) is 0 Å². The summed E-state index contributed by atoms with van der Waals surface area (Å²) in [6.45, 7) is 10.2. The van der Waals surface area contributed by atoms with E-state index in [4.69, 9.17) is 11.6 Å². The molecule has 3 nitrogen and oxygen atoms in total. The van der Waals surface area contributed by atoms with Crippen molar-refractivity contribution in [3.8, 4) is 0 Å². The van der Waals surface area contributed by atoms with Crippen LogP contribution in [0.25, 0.3) is 0 Å². The van der Waals surface area contributed by atoms with Crippen LogP contribution in [0.4, 0.5) is 0 Å². The van der Waals surface area contributed by atoms with Crippen molar-refractivity contribution < 1.29 is 0 Å². The van der Waals surface area contributed by atoms with Crippen LogP contribution in [-0.2, 0) is 19.5 Å². The molecule has 0 spiro atoms. The van der Waals surface area contributed by atoms with E-state index >= 15 is 0 Å². The molecular weight excluding hydrogens is 314 g/mol. The van der Waals surface area contributed by atoms with Crippen molar-refractivity contribution in [3.63, 3.8) is 0 Å². The number of aromatic nitrogens is 2. The number of hydrogen-bond acceptors (Lipinski definition) is 2. The van der Waals surface area contributed by atoms with Gasteiger partial charge in [0.05, 0.1) is 15.9 Å². The Labute approximate surface area is 123 Å². The van der Waals surface area contributed by atoms with E-state index < -0.39 is 0 Å². The van der Waals surface area contributed by atoms with Crippen molar-refractivity contribution in [2.45, 2.75) is 65.0 Å². The normalized spacial score (nSPS) is 14.8. The molecule has 2 atom stereocenters. The highest BCUT2D eigenvalue weighted by molar-refractivity contribution is 9.10. The maximum atomic E-state index is 6.00. The molecule has 0 aromatic carbocycles. The van der Waals surface area contributed by atoms with E-state index in [9.17, 15) is 0 Å². The molecule has 1 aromatic rings. The highest BCUT2D eigenvalue weighted by Crippen LogP contribution is 2.22. The standard InChI is InChI=1S/C13H23BrClN3/c1-5-11-13(14)12(18(6-2)17-11)8-16-10(4)7-9(3)15/h9-10,16H,5-8H2,1-4H3. The third-order valence-electron chi connectivity index (χ3n) is 2.99. The van der Waals surface area contributed by atoms with E-state index in [2.05, 4.69) is 51.8 Å². The van der Waals surface area contributed by atoms with Crippen molar-refractivity contribution in [1.29, 1.82) is 0 Å². The second-order valence-corrected chi connectivity index (χ2v) is 6.21. The fraction of sp³-hybridized carbons (Fsp3) is 0.769. The minimum absolute atomic E-state index is 0.207. The molecule has 5 heteroatoms. The lowest BCUT2D eigenvalue weighted by Crippen LogP contribution is -2.28. The second kappa shape index (κ2) is 7.51. The van der Waals surface area contributed by atoms with Crippen LogP contribution in [0.1, 0.15) is 45.5 Å². The first kappa shape index (κ1) is 16.0. The Hall–Kier alpha value is -0.0600. The molecule has 0 saturated carbocycles. The molecule has 0 amide bonds. The average Bonchev–Trinajstić information content (AvgIpc) is 2.62. The number of halogens is 2. The summed E-state index contributed by atoms with van der Waals surface area (Å²) in [7, 11) is 0. The number of rotatable bonds is 7. The minimum atomic E-state index is 0.207. The van der Waals surface area contributed by atoms with Gasteiger partial charge in [0, 0.05) is 24.5 Å². The van der Waals surface area contributed by atoms with Gasteiger partial charge in [-0.15, -0.1) is 11.6 Å². The first-order chi connectivity index (χ1) is 8.49. The molecule has 0 aliphatic carbocycles. The van der Waals surface area contributed by atoms with Crippen LogP contribution in [0.15, 0.2) is 4.47 Å². The summed E-state index contributed by atoms with van der Waals surface area (Å²) in [5.41, 5.74) is 2.36. The Morgan fingerprint density at radius 3 is 2.56 bits per heavy atom. The quantitative estimate of drug-likeness (QED) is 0.769. The lowest BCUT2D eigenvalue weighted by atomic mass is 10.2. The molecule has 0 radical (unpaired) electrons. The number of nitrogens with one attached hydrogen (secondary N) is 1. The molecule has 0 fully saturated rings. The van der Waals surface area contributed by atoms with Gasteiger partial charge in [-0.3, -0.25) is 4.68 Å². The Balaban J connectivity index is 2.69. The summed E-state index contributed by atoms with van der Waals surface area (Å²) < 4.78 is 3.21. The van der Waals surface area contributed by atoms with Gasteiger partial charge < -0.3 is 5.32 Å². The third kappa shape index (κ3) is 4.25. The summed E-state index contributed by atoms with van der Waals surface area (Å²) >= 11 is 9.66. The molecule has 18 heavy (non-hydrogen) atoms. The summed E-state index contributed by atoms with van der Waals surface area (Å²) in [6.07, 6.45) is 1.93. The Morgan fingerprint density at radius 2 is 2.06 bits per heavy atom. The fourth-order valence-electron chi connectivity index (χ4n) is 2.03. The maximum Gasteiger partial charge on any atom is 0.0767 e. The lowest BCUT2D eigenvalue weighted by molar-refractivity contribution is 0.489. The van der Waals surface area contributed by atoms with Gasteiger partial charge in [0.15, 0.2) is 0 Å². The zero-order valence-corrected chi connectivity index (χ0v) is 14.0. The van der Waals surface area contributed by atoms with Crippen LogP contribution < -0.4 is 5.32 Å². The second-order valence-electron chi connectivity index (χ2n) is 4.68. The molecule has 0 saturated heterocycles. The van der Waals surface area contributed by atoms with Gasteiger partial charge in [-0.1, -0.05) is 6.92 Å². The van der Waals surface area contributed by atoms with E-state index in [-0.39, 0.29) is 5.38 Å². The first-order valence-electron chi connectivity index (χ1n) is 6.61. The average molecular weight is 337 g/mol. The van der Waals surface area contributed by atoms with Crippen molar-refractivity contribution in [3.05, 3.63) is 15.9 Å². The van der Waals surface area contributed by atoms with E-state index in [1.54, 1.807) is 0 Å². The fourth-order valence-corrected chi connectivity index (χ4v) is 3.00. The molecule has 2 unspecified atom stereocenters. The summed E-state index contributed by atoms with van der Waals surface area (Å²) in [5, 5.41) is 8.30. The van der Waals surface area contributed by atoms with Crippen LogP contribution in [0.3, 0.4) is 0 Å². The highest BCUT2D eigenvalue weighted by atomic mass is 79.9. The van der Waals surface area contributed by atoms with Gasteiger partial charge in [0.1, 0.15) is 0 Å². The zero-order chi connectivity index (χ0) is 13.7. The van der Waals surface area contributed by atoms with Gasteiger partial charge in [0.2, 0.25) is 0 Å². The van der Waals surface area contributed by atoms with Crippen LogP contribution >= 0.6 is 27.5 Å². The van der Waals surface area contributed by atoms with Gasteiger partial charge >= 0.3 is 0 Å². The number of alkyl halides is 1. The van der Waals surface area contributed by atoms with E-state index in [1.165, 1.54) is 5.69 Å². The SMILES string of the molecule is CCc1nn(CC)c(CNC(C)CC(C)Cl)c1Br. The topological polar surface area (TPSA) is 29.9 Å². The van der Waals surface area contributed by atoms with Gasteiger partial charge in [-0.2, -0.15) is 5.10 Å².